The highest BCUT2D eigenvalue weighted by Crippen LogP contribution is 2.36. The van der Waals surface area contributed by atoms with Crippen molar-refractivity contribution in [2.24, 2.45) is 0 Å². The molecule has 0 aromatic heterocycles. The second-order valence-electron chi connectivity index (χ2n) is 7.70. The van der Waals surface area contributed by atoms with Crippen LogP contribution in [0.4, 0.5) is 5.69 Å². The number of hydrogen-bond donors (Lipinski definition) is 2. The summed E-state index contributed by atoms with van der Waals surface area (Å²) in [6.45, 7) is 3.59. The van der Waals surface area contributed by atoms with E-state index in [-0.39, 0.29) is 18.6 Å². The molecule has 2 N–H and O–H groups in total. The fourth-order valence-electron chi connectivity index (χ4n) is 3.55. The van der Waals surface area contributed by atoms with Gasteiger partial charge in [-0.3, -0.25) is 4.79 Å². The van der Waals surface area contributed by atoms with Crippen LogP contribution in [0.3, 0.4) is 0 Å². The number of rotatable bonds is 9. The maximum Gasteiger partial charge on any atom is 0.221 e. The number of nitrogens with one attached hydrogen (secondary N) is 1. The van der Waals surface area contributed by atoms with Gasteiger partial charge in [0, 0.05) is 37.6 Å². The van der Waals surface area contributed by atoms with Crippen LogP contribution in [0.25, 0.3) is 0 Å². The number of piperidine rings is 1. The van der Waals surface area contributed by atoms with Gasteiger partial charge in [-0.1, -0.05) is 23.2 Å². The Labute approximate surface area is 198 Å². The highest BCUT2D eigenvalue weighted by molar-refractivity contribution is 6.32. The Bertz CT molecular complexity index is 902. The number of carbonyl (C=O) groups excluding carboxylic acids is 1. The van der Waals surface area contributed by atoms with Crippen LogP contribution in [-0.4, -0.2) is 61.5 Å². The number of β-amino-alcohol motifs (C(OH)–C–C–N with tert-alkyl or cyclic N) is 1. The largest absolute Gasteiger partial charge is 0.495 e. The van der Waals surface area contributed by atoms with E-state index in [1.165, 1.54) is 14.0 Å². The lowest BCUT2D eigenvalue weighted by Gasteiger charge is -2.33. The third-order valence-electron chi connectivity index (χ3n) is 5.12. The molecule has 1 unspecified atom stereocenters. The van der Waals surface area contributed by atoms with Gasteiger partial charge in [0.2, 0.25) is 5.91 Å². The van der Waals surface area contributed by atoms with Gasteiger partial charge in [-0.15, -0.1) is 0 Å². The molecule has 0 bridgehead atoms. The Morgan fingerprint density at radius 1 is 1.19 bits per heavy atom. The van der Waals surface area contributed by atoms with Crippen molar-refractivity contribution in [1.82, 2.24) is 4.90 Å². The van der Waals surface area contributed by atoms with E-state index in [2.05, 4.69) is 10.2 Å². The number of aliphatic hydroxyl groups excluding tert-OH is 1. The lowest BCUT2D eigenvalue weighted by atomic mass is 10.1. The molecule has 9 heteroatoms. The van der Waals surface area contributed by atoms with Gasteiger partial charge in [0.05, 0.1) is 17.8 Å². The number of amides is 1. The average molecular weight is 483 g/mol. The average Bonchev–Trinajstić information content (AvgIpc) is 2.76. The van der Waals surface area contributed by atoms with Crippen LogP contribution in [-0.2, 0) is 4.79 Å². The molecule has 2 aromatic carbocycles. The van der Waals surface area contributed by atoms with Crippen molar-refractivity contribution in [3.05, 3.63) is 46.4 Å². The van der Waals surface area contributed by atoms with E-state index in [4.69, 9.17) is 37.4 Å². The zero-order valence-electron chi connectivity index (χ0n) is 18.1. The standard InChI is InChI=1S/C23H28Cl2N2O5/c1-15(28)26-21-11-20(25)22(30-2)12-23(21)31-14-17(29)13-27-9-7-19(8-10-27)32-18-5-3-16(24)4-6-18/h3-6,11-12,17,19,29H,7-10,13-14H2,1-2H3,(H,26,28). The van der Waals surface area contributed by atoms with E-state index >= 15 is 0 Å². The third-order valence-corrected chi connectivity index (χ3v) is 5.66. The maximum atomic E-state index is 11.5. The molecule has 3 rings (SSSR count). The van der Waals surface area contributed by atoms with Gasteiger partial charge in [-0.2, -0.15) is 0 Å². The molecule has 0 spiro atoms. The topological polar surface area (TPSA) is 80.3 Å². The third kappa shape index (κ3) is 7.17. The van der Waals surface area contributed by atoms with Gasteiger partial charge in [-0.05, 0) is 43.2 Å². The number of hydrogen-bond acceptors (Lipinski definition) is 6. The normalized spacial score (nSPS) is 15.8. The van der Waals surface area contributed by atoms with Crippen molar-refractivity contribution in [2.75, 3.05) is 38.7 Å². The molecule has 174 valence electrons. The highest BCUT2D eigenvalue weighted by atomic mass is 35.5. The molecule has 0 radical (unpaired) electrons. The van der Waals surface area contributed by atoms with Crippen LogP contribution in [0, 0.1) is 0 Å². The first-order valence-corrected chi connectivity index (χ1v) is 11.2. The number of ether oxygens (including phenoxy) is 3. The molecular weight excluding hydrogens is 455 g/mol. The maximum absolute atomic E-state index is 11.5. The predicted molar refractivity (Wildman–Crippen MR) is 125 cm³/mol. The van der Waals surface area contributed by atoms with Gasteiger partial charge in [-0.25, -0.2) is 0 Å². The predicted octanol–water partition coefficient (Wildman–Crippen LogP) is 4.24. The number of methoxy groups -OCH3 is 1. The molecule has 32 heavy (non-hydrogen) atoms. The SMILES string of the molecule is COc1cc(OCC(O)CN2CCC(Oc3ccc(Cl)cc3)CC2)c(NC(C)=O)cc1Cl. The van der Waals surface area contributed by atoms with Gasteiger partial charge in [0.15, 0.2) is 0 Å². The lowest BCUT2D eigenvalue weighted by molar-refractivity contribution is -0.114. The Morgan fingerprint density at radius 2 is 1.88 bits per heavy atom. The van der Waals surface area contributed by atoms with Gasteiger partial charge >= 0.3 is 0 Å². The molecule has 1 heterocycles. The summed E-state index contributed by atoms with van der Waals surface area (Å²) in [7, 11) is 1.50. The summed E-state index contributed by atoms with van der Waals surface area (Å²) in [5.41, 5.74) is 0.427. The summed E-state index contributed by atoms with van der Waals surface area (Å²) in [4.78, 5) is 13.7. The molecular formula is C23H28Cl2N2O5. The van der Waals surface area contributed by atoms with Gasteiger partial charge in [0.25, 0.3) is 0 Å². The van der Waals surface area contributed by atoms with Gasteiger partial charge in [0.1, 0.15) is 36.1 Å². The molecule has 1 saturated heterocycles. The summed E-state index contributed by atoms with van der Waals surface area (Å²) in [6.07, 6.45) is 1.19. The zero-order valence-corrected chi connectivity index (χ0v) is 19.7. The second-order valence-corrected chi connectivity index (χ2v) is 8.54. The van der Waals surface area contributed by atoms with Crippen molar-refractivity contribution >= 4 is 34.8 Å². The first kappa shape index (κ1) is 24.5. The Balaban J connectivity index is 1.47. The van der Waals surface area contributed by atoms with Crippen LogP contribution in [0.15, 0.2) is 36.4 Å². The van der Waals surface area contributed by atoms with E-state index in [9.17, 15) is 9.90 Å². The number of nitrogens with zero attached hydrogens (tertiary/aromatic N) is 1. The number of aliphatic hydroxyl groups is 1. The molecule has 0 saturated carbocycles. The Morgan fingerprint density at radius 3 is 2.50 bits per heavy atom. The van der Waals surface area contributed by atoms with E-state index in [1.54, 1.807) is 12.1 Å². The monoisotopic (exact) mass is 482 g/mol. The Kier molecular flexibility index (Phi) is 8.87. The highest BCUT2D eigenvalue weighted by Gasteiger charge is 2.23. The molecule has 7 nitrogen and oxygen atoms in total. The van der Waals surface area contributed by atoms with E-state index < -0.39 is 6.10 Å². The van der Waals surface area contributed by atoms with E-state index in [0.717, 1.165) is 31.7 Å². The number of halogens is 2. The van der Waals surface area contributed by atoms with Crippen LogP contribution in [0.2, 0.25) is 10.0 Å². The first-order valence-electron chi connectivity index (χ1n) is 10.4. The van der Waals surface area contributed by atoms with E-state index in [0.29, 0.717) is 33.8 Å². The van der Waals surface area contributed by atoms with Crippen molar-refractivity contribution in [2.45, 2.75) is 32.0 Å². The number of anilines is 1. The van der Waals surface area contributed by atoms with E-state index in [1.807, 2.05) is 24.3 Å². The van der Waals surface area contributed by atoms with Crippen molar-refractivity contribution in [3.63, 3.8) is 0 Å². The minimum atomic E-state index is -0.699. The minimum Gasteiger partial charge on any atom is -0.495 e. The fourth-order valence-corrected chi connectivity index (χ4v) is 3.92. The number of likely N-dealkylation sites (tertiary alicyclic amines) is 1. The smallest absolute Gasteiger partial charge is 0.221 e. The summed E-state index contributed by atoms with van der Waals surface area (Å²) in [6, 6.07) is 10.5. The second kappa shape index (κ2) is 11.6. The quantitative estimate of drug-likeness (QED) is 0.556. The van der Waals surface area contributed by atoms with Crippen LogP contribution in [0.5, 0.6) is 17.2 Å². The van der Waals surface area contributed by atoms with Crippen molar-refractivity contribution in [3.8, 4) is 17.2 Å². The van der Waals surface area contributed by atoms with Crippen LogP contribution in [0.1, 0.15) is 19.8 Å². The van der Waals surface area contributed by atoms with Crippen LogP contribution < -0.4 is 19.5 Å². The minimum absolute atomic E-state index is 0.0680. The summed E-state index contributed by atoms with van der Waals surface area (Å²) in [5, 5.41) is 14.2. The number of carbonyl (C=O) groups is 1. The summed E-state index contributed by atoms with van der Waals surface area (Å²) >= 11 is 12.1. The van der Waals surface area contributed by atoms with Gasteiger partial charge < -0.3 is 29.5 Å². The van der Waals surface area contributed by atoms with Crippen molar-refractivity contribution < 1.29 is 24.1 Å². The molecule has 1 atom stereocenters. The number of benzene rings is 2. The molecule has 1 aliphatic heterocycles. The zero-order chi connectivity index (χ0) is 23.1. The molecule has 1 fully saturated rings. The summed E-state index contributed by atoms with van der Waals surface area (Å²) < 4.78 is 17.0. The van der Waals surface area contributed by atoms with Crippen LogP contribution >= 0.6 is 23.2 Å². The van der Waals surface area contributed by atoms with Crippen molar-refractivity contribution in [1.29, 1.82) is 0 Å². The molecule has 1 amide bonds. The molecule has 2 aromatic rings. The molecule has 0 aliphatic carbocycles. The fraction of sp³-hybridized carbons (Fsp3) is 0.435. The lowest BCUT2D eigenvalue weighted by Crippen LogP contribution is -2.43. The summed E-state index contributed by atoms with van der Waals surface area (Å²) in [5.74, 6) is 1.37. The first-order chi connectivity index (χ1) is 15.3. The molecule has 1 aliphatic rings. The Hall–Kier alpha value is -2.19.